The number of hydrogen-bond donors (Lipinski definition) is 2. The number of hydrogen-bond acceptors (Lipinski definition) is 3. The Morgan fingerprint density at radius 1 is 1.33 bits per heavy atom. The Hall–Kier alpha value is -1.30. The van der Waals surface area contributed by atoms with Crippen LogP contribution in [0.15, 0.2) is 0 Å². The summed E-state index contributed by atoms with van der Waals surface area (Å²) in [6, 6.07) is 0. The molecule has 6 heteroatoms. The summed E-state index contributed by atoms with van der Waals surface area (Å²) in [6.45, 7) is 6.50. The van der Waals surface area contributed by atoms with Gasteiger partial charge in [-0.05, 0) is 18.3 Å². The molecule has 0 aliphatic carbocycles. The lowest BCUT2D eigenvalue weighted by atomic mass is 9.93. The van der Waals surface area contributed by atoms with E-state index >= 15 is 0 Å². The molecular formula is C12H21NO5. The van der Waals surface area contributed by atoms with Crippen LogP contribution in [0.3, 0.4) is 0 Å². The first-order chi connectivity index (χ1) is 8.19. The maximum Gasteiger partial charge on any atom is 0.410 e. The SMILES string of the molecule is CC(C)(C)CCOC1(C(=O)O)CCCN1C(=O)O. The third kappa shape index (κ3) is 3.13. The van der Waals surface area contributed by atoms with Crippen LogP contribution in [0.2, 0.25) is 0 Å². The predicted octanol–water partition coefficient (Wildman–Crippen LogP) is 1.99. The number of nitrogens with zero attached hydrogens (tertiary/aromatic N) is 1. The van der Waals surface area contributed by atoms with Gasteiger partial charge in [-0.15, -0.1) is 0 Å². The van der Waals surface area contributed by atoms with Crippen LogP contribution in [0, 0.1) is 5.41 Å². The molecule has 0 bridgehead atoms. The van der Waals surface area contributed by atoms with Crippen LogP contribution in [0.1, 0.15) is 40.0 Å². The van der Waals surface area contributed by atoms with Gasteiger partial charge in [0.25, 0.3) is 0 Å². The van der Waals surface area contributed by atoms with E-state index in [1.165, 1.54) is 0 Å². The number of carbonyl (C=O) groups is 2. The summed E-state index contributed by atoms with van der Waals surface area (Å²) in [5.74, 6) is -1.23. The molecule has 104 valence electrons. The van der Waals surface area contributed by atoms with E-state index in [2.05, 4.69) is 0 Å². The average Bonchev–Trinajstić information content (AvgIpc) is 2.60. The predicted molar refractivity (Wildman–Crippen MR) is 64.4 cm³/mol. The van der Waals surface area contributed by atoms with E-state index in [-0.39, 0.29) is 25.0 Å². The Balaban J connectivity index is 2.75. The summed E-state index contributed by atoms with van der Waals surface area (Å²) in [4.78, 5) is 23.3. The van der Waals surface area contributed by atoms with Crippen LogP contribution in [-0.4, -0.2) is 46.1 Å². The van der Waals surface area contributed by atoms with Crippen molar-refractivity contribution >= 4 is 12.1 Å². The zero-order valence-corrected chi connectivity index (χ0v) is 11.1. The van der Waals surface area contributed by atoms with E-state index in [9.17, 15) is 14.7 Å². The highest BCUT2D eigenvalue weighted by Gasteiger charge is 2.51. The van der Waals surface area contributed by atoms with E-state index in [1.807, 2.05) is 20.8 Å². The molecule has 0 spiro atoms. The maximum atomic E-state index is 11.4. The molecule has 1 rings (SSSR count). The van der Waals surface area contributed by atoms with Crippen LogP contribution < -0.4 is 0 Å². The van der Waals surface area contributed by atoms with Gasteiger partial charge in [-0.1, -0.05) is 20.8 Å². The highest BCUT2D eigenvalue weighted by Crippen LogP contribution is 2.32. The maximum absolute atomic E-state index is 11.4. The minimum atomic E-state index is -1.70. The Labute approximate surface area is 107 Å². The van der Waals surface area contributed by atoms with Gasteiger partial charge in [-0.25, -0.2) is 9.59 Å². The van der Waals surface area contributed by atoms with Gasteiger partial charge in [0.2, 0.25) is 5.72 Å². The molecule has 1 saturated heterocycles. The molecule has 6 nitrogen and oxygen atoms in total. The Morgan fingerprint density at radius 2 is 1.94 bits per heavy atom. The van der Waals surface area contributed by atoms with Gasteiger partial charge in [0.05, 0.1) is 6.61 Å². The van der Waals surface area contributed by atoms with E-state index in [0.717, 1.165) is 4.90 Å². The minimum absolute atomic E-state index is 0.0202. The van der Waals surface area contributed by atoms with Crippen molar-refractivity contribution in [1.29, 1.82) is 0 Å². The summed E-state index contributed by atoms with van der Waals surface area (Å²) >= 11 is 0. The van der Waals surface area contributed by atoms with E-state index in [4.69, 9.17) is 9.84 Å². The number of rotatable bonds is 4. The minimum Gasteiger partial charge on any atom is -0.478 e. The molecule has 1 amide bonds. The monoisotopic (exact) mass is 259 g/mol. The van der Waals surface area contributed by atoms with Crippen molar-refractivity contribution in [2.24, 2.45) is 5.41 Å². The van der Waals surface area contributed by atoms with Gasteiger partial charge in [0, 0.05) is 13.0 Å². The largest absolute Gasteiger partial charge is 0.478 e. The number of likely N-dealkylation sites (tertiary alicyclic amines) is 1. The lowest BCUT2D eigenvalue weighted by Crippen LogP contribution is -2.55. The Kier molecular flexibility index (Phi) is 4.21. The molecule has 18 heavy (non-hydrogen) atoms. The fourth-order valence-corrected chi connectivity index (χ4v) is 2.00. The number of carboxylic acid groups (broad SMARTS) is 2. The highest BCUT2D eigenvalue weighted by atomic mass is 16.6. The fourth-order valence-electron chi connectivity index (χ4n) is 2.00. The van der Waals surface area contributed by atoms with Crippen LogP contribution in [0.5, 0.6) is 0 Å². The second-order valence-electron chi connectivity index (χ2n) is 5.79. The van der Waals surface area contributed by atoms with Gasteiger partial charge in [0.1, 0.15) is 0 Å². The molecular weight excluding hydrogens is 238 g/mol. The molecule has 0 aromatic carbocycles. The molecule has 1 fully saturated rings. The molecule has 0 aromatic heterocycles. The van der Waals surface area contributed by atoms with Gasteiger partial charge < -0.3 is 14.9 Å². The second kappa shape index (κ2) is 5.14. The van der Waals surface area contributed by atoms with Gasteiger partial charge in [-0.3, -0.25) is 4.90 Å². The third-order valence-corrected chi connectivity index (χ3v) is 3.09. The first-order valence-corrected chi connectivity index (χ1v) is 6.07. The van der Waals surface area contributed by atoms with Crippen molar-refractivity contribution in [3.8, 4) is 0 Å². The van der Waals surface area contributed by atoms with Gasteiger partial charge >= 0.3 is 12.1 Å². The Bertz CT molecular complexity index is 336. The van der Waals surface area contributed by atoms with E-state index in [0.29, 0.717) is 12.8 Å². The second-order valence-corrected chi connectivity index (χ2v) is 5.79. The quantitative estimate of drug-likeness (QED) is 0.806. The standard InChI is InChI=1S/C12H21NO5/c1-11(2,3)6-8-18-12(9(14)15)5-4-7-13(12)10(16)17/h4-8H2,1-3H3,(H,14,15)(H,16,17). The fraction of sp³-hybridized carbons (Fsp3) is 0.833. The molecule has 1 heterocycles. The summed E-state index contributed by atoms with van der Waals surface area (Å²) in [5, 5.41) is 18.3. The smallest absolute Gasteiger partial charge is 0.410 e. The molecule has 1 unspecified atom stereocenters. The topological polar surface area (TPSA) is 87.1 Å². The van der Waals surface area contributed by atoms with Crippen molar-refractivity contribution in [3.05, 3.63) is 0 Å². The molecule has 1 aliphatic rings. The van der Waals surface area contributed by atoms with Crippen LogP contribution in [0.25, 0.3) is 0 Å². The van der Waals surface area contributed by atoms with Gasteiger partial charge in [0.15, 0.2) is 0 Å². The highest BCUT2D eigenvalue weighted by molar-refractivity contribution is 5.83. The number of amides is 1. The molecule has 2 N–H and O–H groups in total. The summed E-state index contributed by atoms with van der Waals surface area (Å²) in [7, 11) is 0. The van der Waals surface area contributed by atoms with Gasteiger partial charge in [-0.2, -0.15) is 0 Å². The van der Waals surface area contributed by atoms with Crippen molar-refractivity contribution < 1.29 is 24.5 Å². The number of carboxylic acids is 1. The van der Waals surface area contributed by atoms with Crippen molar-refractivity contribution in [3.63, 3.8) is 0 Å². The average molecular weight is 259 g/mol. The normalized spacial score (nSPS) is 24.3. The summed E-state index contributed by atoms with van der Waals surface area (Å²) in [5.41, 5.74) is -1.68. The lowest BCUT2D eigenvalue weighted by Gasteiger charge is -2.33. The Morgan fingerprint density at radius 3 is 2.39 bits per heavy atom. The van der Waals surface area contributed by atoms with E-state index in [1.54, 1.807) is 0 Å². The van der Waals surface area contributed by atoms with Crippen molar-refractivity contribution in [1.82, 2.24) is 4.90 Å². The zero-order valence-electron chi connectivity index (χ0n) is 11.1. The lowest BCUT2D eigenvalue weighted by molar-refractivity contribution is -0.186. The third-order valence-electron chi connectivity index (χ3n) is 3.09. The molecule has 1 atom stereocenters. The molecule has 1 aliphatic heterocycles. The number of ether oxygens (including phenoxy) is 1. The van der Waals surface area contributed by atoms with Crippen LogP contribution >= 0.6 is 0 Å². The van der Waals surface area contributed by atoms with Crippen LogP contribution in [0.4, 0.5) is 4.79 Å². The van der Waals surface area contributed by atoms with E-state index < -0.39 is 17.8 Å². The summed E-state index contributed by atoms with van der Waals surface area (Å²) in [6.07, 6.45) is 0.146. The summed E-state index contributed by atoms with van der Waals surface area (Å²) < 4.78 is 5.45. The zero-order chi connectivity index (χ0) is 14.0. The molecule has 0 radical (unpaired) electrons. The first-order valence-electron chi connectivity index (χ1n) is 6.07. The van der Waals surface area contributed by atoms with Crippen molar-refractivity contribution in [2.45, 2.75) is 45.8 Å². The van der Waals surface area contributed by atoms with Crippen LogP contribution in [-0.2, 0) is 9.53 Å². The molecule has 0 saturated carbocycles. The number of aliphatic carboxylic acids is 1. The van der Waals surface area contributed by atoms with Crippen molar-refractivity contribution in [2.75, 3.05) is 13.2 Å². The first kappa shape index (κ1) is 14.8. The molecule has 0 aromatic rings.